The van der Waals surface area contributed by atoms with Gasteiger partial charge in [0, 0.05) is 24.0 Å². The molecule has 0 saturated carbocycles. The van der Waals surface area contributed by atoms with Gasteiger partial charge in [-0.3, -0.25) is 4.79 Å². The van der Waals surface area contributed by atoms with E-state index in [0.29, 0.717) is 29.9 Å². The summed E-state index contributed by atoms with van der Waals surface area (Å²) in [7, 11) is 0. The van der Waals surface area contributed by atoms with Crippen LogP contribution in [0.15, 0.2) is 66.6 Å². The van der Waals surface area contributed by atoms with Gasteiger partial charge in [0.1, 0.15) is 16.2 Å². The minimum atomic E-state index is -0.290. The smallest absolute Gasteiger partial charge is 0.247 e. The summed E-state index contributed by atoms with van der Waals surface area (Å²) in [6, 6.07) is 14.9. The van der Waals surface area contributed by atoms with Crippen molar-refractivity contribution in [3.63, 3.8) is 0 Å². The lowest BCUT2D eigenvalue weighted by molar-refractivity contribution is -0.111. The van der Waals surface area contributed by atoms with E-state index in [0.717, 1.165) is 40.3 Å². The first-order valence-corrected chi connectivity index (χ1v) is 11.3. The zero-order valence-electron chi connectivity index (χ0n) is 17.6. The van der Waals surface area contributed by atoms with Crippen LogP contribution in [0.3, 0.4) is 0 Å². The summed E-state index contributed by atoms with van der Waals surface area (Å²) in [6.45, 7) is 5.03. The highest BCUT2D eigenvalue weighted by molar-refractivity contribution is 7.17. The van der Waals surface area contributed by atoms with Gasteiger partial charge in [0.25, 0.3) is 0 Å². The van der Waals surface area contributed by atoms with Crippen molar-refractivity contribution in [2.75, 3.05) is 29.1 Å². The number of hydrogen-bond acceptors (Lipinski definition) is 8. The summed E-state index contributed by atoms with van der Waals surface area (Å²) in [5, 5.41) is 11.3. The maximum Gasteiger partial charge on any atom is 0.247 e. The molecule has 9 heteroatoms. The molecule has 1 aliphatic rings. The number of nitrogens with zero attached hydrogens (tertiary/aromatic N) is 2. The Morgan fingerprint density at radius 1 is 1.18 bits per heavy atom. The van der Waals surface area contributed by atoms with Crippen LogP contribution in [-0.4, -0.2) is 29.0 Å². The second-order valence-corrected chi connectivity index (χ2v) is 8.19. The monoisotopic (exact) mass is 459 g/mol. The minimum Gasteiger partial charge on any atom is -0.491 e. The number of anilines is 4. The van der Waals surface area contributed by atoms with Crippen LogP contribution in [0.2, 0.25) is 0 Å². The van der Waals surface area contributed by atoms with Crippen molar-refractivity contribution in [1.82, 2.24) is 9.97 Å². The molecule has 0 atom stereocenters. The molecular weight excluding hydrogens is 438 g/mol. The molecule has 3 N–H and O–H groups in total. The Hall–Kier alpha value is -4.11. The van der Waals surface area contributed by atoms with E-state index in [1.54, 1.807) is 24.3 Å². The van der Waals surface area contributed by atoms with E-state index in [9.17, 15) is 4.79 Å². The number of carbonyl (C=O) groups excluding carboxylic acids is 1. The average Bonchev–Trinajstić information content (AvgIpc) is 3.17. The van der Waals surface area contributed by atoms with Crippen LogP contribution >= 0.6 is 11.3 Å². The molecule has 0 unspecified atom stereocenters. The Labute approximate surface area is 194 Å². The Bertz CT molecular complexity index is 1340. The Balaban J connectivity index is 1.42. The van der Waals surface area contributed by atoms with Crippen LogP contribution in [0.4, 0.5) is 23.0 Å². The molecule has 0 saturated heterocycles. The molecule has 1 aliphatic heterocycles. The van der Waals surface area contributed by atoms with Crippen molar-refractivity contribution in [3.8, 4) is 17.4 Å². The van der Waals surface area contributed by atoms with E-state index in [2.05, 4.69) is 32.5 Å². The van der Waals surface area contributed by atoms with Crippen molar-refractivity contribution in [2.24, 2.45) is 0 Å². The molecule has 5 rings (SSSR count). The highest BCUT2D eigenvalue weighted by Gasteiger charge is 2.14. The lowest BCUT2D eigenvalue weighted by Gasteiger charge is -2.12. The number of fused-ring (bicyclic) bond motifs is 2. The molecule has 4 aromatic rings. The largest absolute Gasteiger partial charge is 0.491 e. The molecular formula is C24H21N5O3S. The van der Waals surface area contributed by atoms with Gasteiger partial charge in [-0.1, -0.05) is 12.6 Å². The van der Waals surface area contributed by atoms with Crippen LogP contribution in [-0.2, 0) is 4.79 Å². The third-order valence-corrected chi connectivity index (χ3v) is 5.80. The van der Waals surface area contributed by atoms with Gasteiger partial charge in [0.15, 0.2) is 0 Å². The summed E-state index contributed by atoms with van der Waals surface area (Å²) in [6.07, 6.45) is 2.17. The predicted molar refractivity (Wildman–Crippen MR) is 131 cm³/mol. The fourth-order valence-corrected chi connectivity index (χ4v) is 4.14. The topological polar surface area (TPSA) is 97.4 Å². The summed E-state index contributed by atoms with van der Waals surface area (Å²) >= 11 is 1.50. The van der Waals surface area contributed by atoms with Crippen LogP contribution in [0, 0.1) is 0 Å². The number of nitrogens with one attached hydrogen (secondary N) is 3. The number of hydrogen-bond donors (Lipinski definition) is 3. The molecule has 166 valence electrons. The maximum atomic E-state index is 11.6. The van der Waals surface area contributed by atoms with E-state index >= 15 is 0 Å². The Morgan fingerprint density at radius 2 is 2.12 bits per heavy atom. The second-order valence-electron chi connectivity index (χ2n) is 7.28. The molecule has 0 aliphatic carbocycles. The van der Waals surface area contributed by atoms with Crippen LogP contribution in [0.1, 0.15) is 6.42 Å². The molecule has 33 heavy (non-hydrogen) atoms. The molecule has 2 aromatic carbocycles. The molecule has 8 nitrogen and oxygen atoms in total. The van der Waals surface area contributed by atoms with Crippen molar-refractivity contribution < 1.29 is 14.3 Å². The fraction of sp³-hybridized carbons (Fsp3) is 0.125. The van der Waals surface area contributed by atoms with E-state index in [4.69, 9.17) is 9.47 Å². The standard InChI is InChI=1S/C24H21N5O3S/c1-2-21(30)26-15-5-3-6-17(13-15)32-23-22-18(9-12-33-22)28-24(29-23)27-16-7-8-20-19(14-16)25-10-4-11-31-20/h2-3,5-9,12-14,25H,1,4,10-11H2,(H,26,30)(H,27,28,29). The second kappa shape index (κ2) is 9.17. The summed E-state index contributed by atoms with van der Waals surface area (Å²) in [5.41, 5.74) is 3.15. The molecule has 0 spiro atoms. The number of carbonyl (C=O) groups is 1. The first-order valence-electron chi connectivity index (χ1n) is 10.4. The molecule has 3 heterocycles. The summed E-state index contributed by atoms with van der Waals surface area (Å²) < 4.78 is 12.7. The van der Waals surface area contributed by atoms with Gasteiger partial charge >= 0.3 is 0 Å². The quantitative estimate of drug-likeness (QED) is 0.325. The zero-order valence-corrected chi connectivity index (χ0v) is 18.4. The van der Waals surface area contributed by atoms with Gasteiger partial charge in [-0.05, 0) is 54.3 Å². The lowest BCUT2D eigenvalue weighted by atomic mass is 10.2. The number of rotatable bonds is 6. The minimum absolute atomic E-state index is 0.290. The number of amides is 1. The lowest BCUT2D eigenvalue weighted by Crippen LogP contribution is -2.07. The number of thiophene rings is 1. The summed E-state index contributed by atoms with van der Waals surface area (Å²) in [4.78, 5) is 20.8. The number of ether oxygens (including phenoxy) is 2. The average molecular weight is 460 g/mol. The van der Waals surface area contributed by atoms with Crippen molar-refractivity contribution in [3.05, 3.63) is 66.6 Å². The van der Waals surface area contributed by atoms with Gasteiger partial charge in [0.2, 0.25) is 17.7 Å². The highest BCUT2D eigenvalue weighted by Crippen LogP contribution is 2.35. The van der Waals surface area contributed by atoms with Gasteiger partial charge in [0.05, 0.1) is 17.8 Å². The maximum absolute atomic E-state index is 11.6. The van der Waals surface area contributed by atoms with E-state index < -0.39 is 0 Å². The molecule has 0 radical (unpaired) electrons. The number of benzene rings is 2. The first kappa shape index (κ1) is 20.8. The Morgan fingerprint density at radius 3 is 3.03 bits per heavy atom. The van der Waals surface area contributed by atoms with Gasteiger partial charge < -0.3 is 25.4 Å². The van der Waals surface area contributed by atoms with Gasteiger partial charge in [-0.2, -0.15) is 4.98 Å². The van der Waals surface area contributed by atoms with Crippen LogP contribution in [0.25, 0.3) is 10.2 Å². The van der Waals surface area contributed by atoms with Crippen molar-refractivity contribution in [1.29, 1.82) is 0 Å². The third kappa shape index (κ3) is 4.73. The van der Waals surface area contributed by atoms with Crippen LogP contribution < -0.4 is 25.4 Å². The van der Waals surface area contributed by atoms with Crippen LogP contribution in [0.5, 0.6) is 17.4 Å². The van der Waals surface area contributed by atoms with E-state index in [1.807, 2.05) is 29.6 Å². The first-order chi connectivity index (χ1) is 16.2. The molecule has 0 bridgehead atoms. The van der Waals surface area contributed by atoms with E-state index in [1.165, 1.54) is 17.4 Å². The van der Waals surface area contributed by atoms with Crippen molar-refractivity contribution >= 4 is 50.5 Å². The molecule has 2 aromatic heterocycles. The number of aromatic nitrogens is 2. The SMILES string of the molecule is C=CC(=O)Nc1cccc(Oc2nc(Nc3ccc4c(c3)NCCCO4)nc3ccsc23)c1. The normalized spacial score (nSPS) is 12.6. The molecule has 0 fully saturated rings. The van der Waals surface area contributed by atoms with E-state index in [-0.39, 0.29) is 5.91 Å². The van der Waals surface area contributed by atoms with Gasteiger partial charge in [-0.15, -0.1) is 11.3 Å². The summed E-state index contributed by atoms with van der Waals surface area (Å²) in [5.74, 6) is 1.94. The zero-order chi connectivity index (χ0) is 22.6. The van der Waals surface area contributed by atoms with Crippen molar-refractivity contribution in [2.45, 2.75) is 6.42 Å². The Kier molecular flexibility index (Phi) is 5.77. The predicted octanol–water partition coefficient (Wildman–Crippen LogP) is 5.55. The fourth-order valence-electron chi connectivity index (χ4n) is 3.38. The third-order valence-electron chi connectivity index (χ3n) is 4.90. The molecule has 1 amide bonds. The van der Waals surface area contributed by atoms with Gasteiger partial charge in [-0.25, -0.2) is 4.98 Å². The highest BCUT2D eigenvalue weighted by atomic mass is 32.1.